The fourth-order valence-corrected chi connectivity index (χ4v) is 2.03. The second kappa shape index (κ2) is 6.82. The maximum Gasteiger partial charge on any atom is 0.307 e. The Balaban J connectivity index is 0.00000196. The van der Waals surface area contributed by atoms with Crippen molar-refractivity contribution in [2.75, 3.05) is 6.61 Å². The molecular formula is C10H16ClNO2S. The van der Waals surface area contributed by atoms with E-state index in [4.69, 9.17) is 10.5 Å². The van der Waals surface area contributed by atoms with Gasteiger partial charge in [-0.15, -0.1) is 23.7 Å². The van der Waals surface area contributed by atoms with Crippen molar-refractivity contribution < 1.29 is 9.53 Å². The summed E-state index contributed by atoms with van der Waals surface area (Å²) in [7, 11) is 0. The molecule has 0 spiro atoms. The minimum atomic E-state index is -0.231. The molecule has 0 aliphatic heterocycles. The number of aryl methyl sites for hydroxylation is 1. The molecule has 1 rings (SSSR count). The number of carbonyl (C=O) groups is 1. The van der Waals surface area contributed by atoms with Crippen molar-refractivity contribution in [1.29, 1.82) is 0 Å². The molecule has 1 atom stereocenters. The topological polar surface area (TPSA) is 52.3 Å². The summed E-state index contributed by atoms with van der Waals surface area (Å²) in [6.07, 6.45) is 0.258. The number of hydrogen-bond donors (Lipinski definition) is 1. The molecule has 1 heterocycles. The fraction of sp³-hybridized carbons (Fsp3) is 0.500. The molecule has 0 fully saturated rings. The predicted molar refractivity (Wildman–Crippen MR) is 64.5 cm³/mol. The standard InChI is InChI=1S/C10H15NO2S.ClH/c1-3-13-10(12)6-8(11)9-5-4-7(2)14-9;/h4-5,8H,3,6,11H2,1-2H3;1H/t8-;/m1./s1. The summed E-state index contributed by atoms with van der Waals surface area (Å²) in [5.74, 6) is -0.231. The summed E-state index contributed by atoms with van der Waals surface area (Å²) in [6.45, 7) is 4.22. The van der Waals surface area contributed by atoms with E-state index in [0.29, 0.717) is 6.61 Å². The molecule has 0 amide bonds. The van der Waals surface area contributed by atoms with Gasteiger partial charge in [-0.05, 0) is 26.0 Å². The number of carbonyl (C=O) groups excluding carboxylic acids is 1. The van der Waals surface area contributed by atoms with Gasteiger partial charge >= 0.3 is 5.97 Å². The van der Waals surface area contributed by atoms with Crippen molar-refractivity contribution in [2.45, 2.75) is 26.3 Å². The van der Waals surface area contributed by atoms with Gasteiger partial charge in [0, 0.05) is 15.8 Å². The summed E-state index contributed by atoms with van der Waals surface area (Å²) in [5.41, 5.74) is 5.85. The lowest BCUT2D eigenvalue weighted by Gasteiger charge is -2.08. The smallest absolute Gasteiger partial charge is 0.307 e. The molecule has 0 saturated carbocycles. The van der Waals surface area contributed by atoms with E-state index in [1.807, 2.05) is 19.1 Å². The number of hydrogen-bond acceptors (Lipinski definition) is 4. The molecule has 0 aromatic carbocycles. The van der Waals surface area contributed by atoms with Gasteiger partial charge in [0.25, 0.3) is 0 Å². The minimum absolute atomic E-state index is 0. The first kappa shape index (κ1) is 14.4. The highest BCUT2D eigenvalue weighted by molar-refractivity contribution is 7.12. The van der Waals surface area contributed by atoms with Crippen LogP contribution in [-0.2, 0) is 9.53 Å². The van der Waals surface area contributed by atoms with Gasteiger partial charge in [0.2, 0.25) is 0 Å². The number of ether oxygens (including phenoxy) is 1. The SMILES string of the molecule is CCOC(=O)C[C@@H](N)c1ccc(C)s1.Cl. The van der Waals surface area contributed by atoms with Gasteiger partial charge in [0.1, 0.15) is 0 Å². The van der Waals surface area contributed by atoms with Crippen LogP contribution in [0, 0.1) is 6.92 Å². The summed E-state index contributed by atoms with van der Waals surface area (Å²) >= 11 is 1.62. The Kier molecular flexibility index (Phi) is 6.56. The summed E-state index contributed by atoms with van der Waals surface area (Å²) < 4.78 is 4.83. The third-order valence-corrected chi connectivity index (χ3v) is 2.95. The molecule has 0 saturated heterocycles. The van der Waals surface area contributed by atoms with Crippen LogP contribution < -0.4 is 5.73 Å². The van der Waals surface area contributed by atoms with Crippen LogP contribution in [0.1, 0.15) is 29.1 Å². The first-order valence-corrected chi connectivity index (χ1v) is 5.42. The van der Waals surface area contributed by atoms with E-state index in [1.54, 1.807) is 18.3 Å². The van der Waals surface area contributed by atoms with E-state index in [2.05, 4.69) is 0 Å². The van der Waals surface area contributed by atoms with Gasteiger partial charge in [0.05, 0.1) is 13.0 Å². The molecular weight excluding hydrogens is 234 g/mol. The van der Waals surface area contributed by atoms with Gasteiger partial charge < -0.3 is 10.5 Å². The predicted octanol–water partition coefficient (Wildman–Crippen LogP) is 2.43. The molecule has 3 nitrogen and oxygen atoms in total. The average Bonchev–Trinajstić information content (AvgIpc) is 2.52. The van der Waals surface area contributed by atoms with Gasteiger partial charge in [-0.25, -0.2) is 0 Å². The Bertz CT molecular complexity index is 314. The lowest BCUT2D eigenvalue weighted by Crippen LogP contribution is -2.16. The maximum atomic E-state index is 11.1. The summed E-state index contributed by atoms with van der Waals surface area (Å²) in [4.78, 5) is 13.4. The molecule has 0 aliphatic rings. The van der Waals surface area contributed by atoms with Crippen molar-refractivity contribution >= 4 is 29.7 Å². The number of nitrogens with two attached hydrogens (primary N) is 1. The fourth-order valence-electron chi connectivity index (χ4n) is 1.15. The second-order valence-electron chi connectivity index (χ2n) is 3.06. The molecule has 86 valence electrons. The van der Waals surface area contributed by atoms with Crippen molar-refractivity contribution in [3.63, 3.8) is 0 Å². The number of halogens is 1. The van der Waals surface area contributed by atoms with Crippen LogP contribution in [0.3, 0.4) is 0 Å². The van der Waals surface area contributed by atoms with E-state index in [9.17, 15) is 4.79 Å². The lowest BCUT2D eigenvalue weighted by atomic mass is 10.2. The van der Waals surface area contributed by atoms with Crippen molar-refractivity contribution in [2.24, 2.45) is 5.73 Å². The van der Waals surface area contributed by atoms with Crippen LogP contribution in [0.5, 0.6) is 0 Å². The van der Waals surface area contributed by atoms with Crippen LogP contribution in [0.15, 0.2) is 12.1 Å². The monoisotopic (exact) mass is 249 g/mol. The lowest BCUT2D eigenvalue weighted by molar-refractivity contribution is -0.143. The van der Waals surface area contributed by atoms with Crippen LogP contribution in [-0.4, -0.2) is 12.6 Å². The van der Waals surface area contributed by atoms with E-state index in [-0.39, 0.29) is 30.8 Å². The van der Waals surface area contributed by atoms with E-state index >= 15 is 0 Å². The maximum absolute atomic E-state index is 11.1. The zero-order valence-electron chi connectivity index (χ0n) is 8.86. The molecule has 1 aromatic heterocycles. The summed E-state index contributed by atoms with van der Waals surface area (Å²) in [5, 5.41) is 0. The Morgan fingerprint density at radius 2 is 2.27 bits per heavy atom. The second-order valence-corrected chi connectivity index (χ2v) is 4.38. The number of thiophene rings is 1. The zero-order chi connectivity index (χ0) is 10.6. The van der Waals surface area contributed by atoms with Gasteiger partial charge in [-0.3, -0.25) is 4.79 Å². The molecule has 0 aliphatic carbocycles. The third-order valence-electron chi connectivity index (χ3n) is 1.82. The Morgan fingerprint density at radius 3 is 2.73 bits per heavy atom. The van der Waals surface area contributed by atoms with Crippen molar-refractivity contribution in [1.82, 2.24) is 0 Å². The van der Waals surface area contributed by atoms with Crippen LogP contribution in [0.25, 0.3) is 0 Å². The average molecular weight is 250 g/mol. The van der Waals surface area contributed by atoms with Gasteiger partial charge in [-0.1, -0.05) is 0 Å². The molecule has 2 N–H and O–H groups in total. The molecule has 15 heavy (non-hydrogen) atoms. The Labute approximate surface area is 100 Å². The molecule has 0 unspecified atom stereocenters. The van der Waals surface area contributed by atoms with E-state index < -0.39 is 0 Å². The highest BCUT2D eigenvalue weighted by Gasteiger charge is 2.13. The molecule has 1 aromatic rings. The quantitative estimate of drug-likeness (QED) is 0.834. The number of esters is 1. The van der Waals surface area contributed by atoms with Crippen LogP contribution in [0.4, 0.5) is 0 Å². The van der Waals surface area contributed by atoms with Gasteiger partial charge in [0.15, 0.2) is 0 Å². The molecule has 5 heteroatoms. The Morgan fingerprint density at radius 1 is 1.60 bits per heavy atom. The minimum Gasteiger partial charge on any atom is -0.466 e. The molecule has 0 radical (unpaired) electrons. The third kappa shape index (κ3) is 4.64. The van der Waals surface area contributed by atoms with Crippen LogP contribution >= 0.6 is 23.7 Å². The number of rotatable bonds is 4. The molecule has 0 bridgehead atoms. The van der Waals surface area contributed by atoms with Crippen molar-refractivity contribution in [3.8, 4) is 0 Å². The normalized spacial score (nSPS) is 11.7. The largest absolute Gasteiger partial charge is 0.466 e. The van der Waals surface area contributed by atoms with E-state index in [1.165, 1.54) is 4.88 Å². The highest BCUT2D eigenvalue weighted by Crippen LogP contribution is 2.23. The first-order valence-electron chi connectivity index (χ1n) is 4.61. The summed E-state index contributed by atoms with van der Waals surface area (Å²) in [6, 6.07) is 3.74. The van der Waals surface area contributed by atoms with Gasteiger partial charge in [-0.2, -0.15) is 0 Å². The van der Waals surface area contributed by atoms with Crippen molar-refractivity contribution in [3.05, 3.63) is 21.9 Å². The highest BCUT2D eigenvalue weighted by atomic mass is 35.5. The zero-order valence-corrected chi connectivity index (χ0v) is 10.5. The van der Waals surface area contributed by atoms with E-state index in [0.717, 1.165) is 4.88 Å². The first-order chi connectivity index (χ1) is 6.63. The Hall–Kier alpha value is -0.580. The van der Waals surface area contributed by atoms with Crippen LogP contribution in [0.2, 0.25) is 0 Å².